The fourth-order valence-electron chi connectivity index (χ4n) is 0.966. The summed E-state index contributed by atoms with van der Waals surface area (Å²) >= 11 is 0. The van der Waals surface area contributed by atoms with Gasteiger partial charge in [0.2, 0.25) is 0 Å². The Kier molecular flexibility index (Phi) is 6.12. The van der Waals surface area contributed by atoms with Gasteiger partial charge in [0, 0.05) is 6.42 Å². The molecule has 0 amide bonds. The maximum atomic E-state index is 11.7. The second-order valence-electron chi connectivity index (χ2n) is 3.67. The summed E-state index contributed by atoms with van der Waals surface area (Å²) in [4.78, 5) is 0. The SMILES string of the molecule is CC(C)CNCCCCC(F)(F)F. The van der Waals surface area contributed by atoms with Gasteiger partial charge in [-0.25, -0.2) is 0 Å². The van der Waals surface area contributed by atoms with Crippen LogP contribution in [0, 0.1) is 5.92 Å². The zero-order valence-corrected chi connectivity index (χ0v) is 8.25. The summed E-state index contributed by atoms with van der Waals surface area (Å²) in [6.45, 7) is 5.71. The van der Waals surface area contributed by atoms with Crippen LogP contribution in [0.5, 0.6) is 0 Å². The van der Waals surface area contributed by atoms with Crippen molar-refractivity contribution >= 4 is 0 Å². The van der Waals surface area contributed by atoms with E-state index in [4.69, 9.17) is 0 Å². The summed E-state index contributed by atoms with van der Waals surface area (Å²) in [5.74, 6) is 0.558. The van der Waals surface area contributed by atoms with Crippen molar-refractivity contribution in [3.8, 4) is 0 Å². The van der Waals surface area contributed by atoms with Crippen LogP contribution >= 0.6 is 0 Å². The molecule has 0 aliphatic rings. The normalized spacial score (nSPS) is 12.5. The summed E-state index contributed by atoms with van der Waals surface area (Å²) in [6.07, 6.45) is -3.81. The summed E-state index contributed by atoms with van der Waals surface area (Å²) in [7, 11) is 0. The van der Waals surface area contributed by atoms with Crippen molar-refractivity contribution in [3.05, 3.63) is 0 Å². The number of halogens is 3. The first-order valence-corrected chi connectivity index (χ1v) is 4.69. The van der Waals surface area contributed by atoms with Gasteiger partial charge in [-0.05, 0) is 31.8 Å². The molecule has 0 rings (SSSR count). The zero-order valence-electron chi connectivity index (χ0n) is 8.25. The topological polar surface area (TPSA) is 12.0 Å². The van der Waals surface area contributed by atoms with E-state index in [-0.39, 0.29) is 6.42 Å². The van der Waals surface area contributed by atoms with Crippen LogP contribution in [0.15, 0.2) is 0 Å². The lowest BCUT2D eigenvalue weighted by Crippen LogP contribution is -2.21. The Labute approximate surface area is 77.7 Å². The molecule has 80 valence electrons. The molecular formula is C9H18F3N. The molecule has 0 aliphatic heterocycles. The quantitative estimate of drug-likeness (QED) is 0.645. The third kappa shape index (κ3) is 11.8. The minimum atomic E-state index is -3.99. The minimum Gasteiger partial charge on any atom is -0.316 e. The highest BCUT2D eigenvalue weighted by molar-refractivity contribution is 4.54. The zero-order chi connectivity index (χ0) is 10.3. The summed E-state index contributed by atoms with van der Waals surface area (Å²) in [5.41, 5.74) is 0. The maximum absolute atomic E-state index is 11.7. The average molecular weight is 197 g/mol. The highest BCUT2D eigenvalue weighted by Gasteiger charge is 2.25. The molecule has 13 heavy (non-hydrogen) atoms. The van der Waals surface area contributed by atoms with Crippen LogP contribution in [-0.4, -0.2) is 19.3 Å². The predicted octanol–water partition coefficient (Wildman–Crippen LogP) is 2.96. The van der Waals surface area contributed by atoms with Gasteiger partial charge in [-0.1, -0.05) is 13.8 Å². The molecule has 0 aromatic heterocycles. The third-order valence-electron chi connectivity index (χ3n) is 1.62. The first-order valence-electron chi connectivity index (χ1n) is 4.69. The molecule has 0 bridgehead atoms. The van der Waals surface area contributed by atoms with Gasteiger partial charge in [-0.3, -0.25) is 0 Å². The predicted molar refractivity (Wildman–Crippen MR) is 47.6 cm³/mol. The fraction of sp³-hybridized carbons (Fsp3) is 1.00. The van der Waals surface area contributed by atoms with Crippen molar-refractivity contribution in [1.82, 2.24) is 5.32 Å². The van der Waals surface area contributed by atoms with E-state index in [1.54, 1.807) is 0 Å². The van der Waals surface area contributed by atoms with Crippen LogP contribution in [0.4, 0.5) is 13.2 Å². The van der Waals surface area contributed by atoms with Crippen LogP contribution in [0.1, 0.15) is 33.1 Å². The lowest BCUT2D eigenvalue weighted by molar-refractivity contribution is -0.135. The fourth-order valence-corrected chi connectivity index (χ4v) is 0.966. The number of unbranched alkanes of at least 4 members (excludes halogenated alkanes) is 1. The molecule has 1 nitrogen and oxygen atoms in total. The molecule has 0 heterocycles. The first kappa shape index (κ1) is 12.8. The van der Waals surface area contributed by atoms with Gasteiger partial charge in [-0.2, -0.15) is 13.2 Å². The maximum Gasteiger partial charge on any atom is 0.389 e. The Morgan fingerprint density at radius 3 is 2.23 bits per heavy atom. The summed E-state index contributed by atoms with van der Waals surface area (Å²) < 4.78 is 35.0. The number of alkyl halides is 3. The van der Waals surface area contributed by atoms with Gasteiger partial charge in [0.25, 0.3) is 0 Å². The Balaban J connectivity index is 3.09. The molecule has 0 aromatic carbocycles. The van der Waals surface area contributed by atoms with Crippen LogP contribution in [0.25, 0.3) is 0 Å². The van der Waals surface area contributed by atoms with Crippen molar-refractivity contribution in [3.63, 3.8) is 0 Å². The Bertz CT molecular complexity index is 121. The van der Waals surface area contributed by atoms with E-state index in [0.29, 0.717) is 18.9 Å². The second kappa shape index (κ2) is 6.24. The molecule has 4 heteroatoms. The molecule has 1 N–H and O–H groups in total. The first-order chi connectivity index (χ1) is 5.92. The smallest absolute Gasteiger partial charge is 0.316 e. The van der Waals surface area contributed by atoms with Crippen molar-refractivity contribution in [2.75, 3.05) is 13.1 Å². The minimum absolute atomic E-state index is 0.231. The Morgan fingerprint density at radius 1 is 1.15 bits per heavy atom. The number of nitrogens with one attached hydrogen (secondary N) is 1. The van der Waals surface area contributed by atoms with Crippen LogP contribution in [-0.2, 0) is 0 Å². The van der Waals surface area contributed by atoms with Gasteiger partial charge < -0.3 is 5.32 Å². The number of hydrogen-bond acceptors (Lipinski definition) is 1. The molecule has 0 aromatic rings. The molecule has 0 saturated carbocycles. The second-order valence-corrected chi connectivity index (χ2v) is 3.67. The standard InChI is InChI=1S/C9H18F3N/c1-8(2)7-13-6-4-3-5-9(10,11)12/h8,13H,3-7H2,1-2H3. The lowest BCUT2D eigenvalue weighted by atomic mass is 10.2. The van der Waals surface area contributed by atoms with Gasteiger partial charge in [-0.15, -0.1) is 0 Å². The Hall–Kier alpha value is -0.250. The Morgan fingerprint density at radius 2 is 1.77 bits per heavy atom. The molecule has 0 saturated heterocycles. The molecular weight excluding hydrogens is 179 g/mol. The van der Waals surface area contributed by atoms with Gasteiger partial charge >= 0.3 is 6.18 Å². The molecule has 0 atom stereocenters. The number of hydrogen-bond donors (Lipinski definition) is 1. The van der Waals surface area contributed by atoms with E-state index in [1.165, 1.54) is 0 Å². The van der Waals surface area contributed by atoms with Crippen molar-refractivity contribution in [1.29, 1.82) is 0 Å². The summed E-state index contributed by atoms with van der Waals surface area (Å²) in [5, 5.41) is 3.10. The molecule has 0 radical (unpaired) electrons. The van der Waals surface area contributed by atoms with E-state index >= 15 is 0 Å². The monoisotopic (exact) mass is 197 g/mol. The van der Waals surface area contributed by atoms with E-state index in [1.807, 2.05) is 0 Å². The summed E-state index contributed by atoms with van der Waals surface area (Å²) in [6, 6.07) is 0. The average Bonchev–Trinajstić information content (AvgIpc) is 1.93. The molecule has 0 fully saturated rings. The molecule has 0 unspecified atom stereocenters. The highest BCUT2D eigenvalue weighted by Crippen LogP contribution is 2.21. The molecule has 0 aliphatic carbocycles. The van der Waals surface area contributed by atoms with Crippen LogP contribution < -0.4 is 5.32 Å². The molecule has 0 spiro atoms. The van der Waals surface area contributed by atoms with Crippen LogP contribution in [0.2, 0.25) is 0 Å². The lowest BCUT2D eigenvalue weighted by Gasteiger charge is -2.08. The third-order valence-corrected chi connectivity index (χ3v) is 1.62. The van der Waals surface area contributed by atoms with Gasteiger partial charge in [0.1, 0.15) is 0 Å². The van der Waals surface area contributed by atoms with E-state index in [9.17, 15) is 13.2 Å². The van der Waals surface area contributed by atoms with E-state index in [0.717, 1.165) is 6.54 Å². The van der Waals surface area contributed by atoms with Crippen molar-refractivity contribution in [2.45, 2.75) is 39.3 Å². The highest BCUT2D eigenvalue weighted by atomic mass is 19.4. The van der Waals surface area contributed by atoms with Crippen molar-refractivity contribution in [2.24, 2.45) is 5.92 Å². The largest absolute Gasteiger partial charge is 0.389 e. The van der Waals surface area contributed by atoms with Gasteiger partial charge in [0.05, 0.1) is 0 Å². The van der Waals surface area contributed by atoms with E-state index < -0.39 is 12.6 Å². The van der Waals surface area contributed by atoms with Crippen LogP contribution in [0.3, 0.4) is 0 Å². The van der Waals surface area contributed by atoms with E-state index in [2.05, 4.69) is 19.2 Å². The number of rotatable bonds is 6. The van der Waals surface area contributed by atoms with Crippen molar-refractivity contribution < 1.29 is 13.2 Å². The van der Waals surface area contributed by atoms with Gasteiger partial charge in [0.15, 0.2) is 0 Å².